The first kappa shape index (κ1) is 20.4. The average molecular weight is 399 g/mol. The van der Waals surface area contributed by atoms with E-state index in [4.69, 9.17) is 10.2 Å². The monoisotopic (exact) mass is 398 g/mol. The predicted molar refractivity (Wildman–Crippen MR) is 111 cm³/mol. The fourth-order valence-corrected chi connectivity index (χ4v) is 4.76. The quantitative estimate of drug-likeness (QED) is 0.457. The Morgan fingerprint density at radius 1 is 1.36 bits per heavy atom. The number of amides is 1. The Labute approximate surface area is 169 Å². The Kier molecular flexibility index (Phi) is 6.74. The van der Waals surface area contributed by atoms with Gasteiger partial charge in [-0.3, -0.25) is 14.2 Å². The molecule has 2 aromatic rings. The van der Waals surface area contributed by atoms with E-state index in [-0.39, 0.29) is 29.7 Å². The molecule has 1 aliphatic rings. The summed E-state index contributed by atoms with van der Waals surface area (Å²) < 4.78 is 1.83. The molecule has 0 radical (unpaired) electrons. The fourth-order valence-electron chi connectivity index (χ4n) is 3.88. The molecule has 0 bridgehead atoms. The van der Waals surface area contributed by atoms with Gasteiger partial charge in [0.1, 0.15) is 0 Å². The van der Waals surface area contributed by atoms with Crippen molar-refractivity contribution in [3.8, 4) is 6.07 Å². The molecule has 148 valence electrons. The molecule has 3 rings (SSSR count). The molecule has 1 aromatic carbocycles. The van der Waals surface area contributed by atoms with Crippen LogP contribution in [-0.2, 0) is 4.79 Å². The number of carbonyl (C=O) groups excluding carboxylic acids is 1. The number of carbonyl (C=O) groups is 1. The molecular weight excluding hydrogens is 372 g/mol. The van der Waals surface area contributed by atoms with Crippen molar-refractivity contribution >= 4 is 28.6 Å². The Balaban J connectivity index is 1.94. The number of fused-ring (bicyclic) bond motifs is 1. The number of hydrogen-bond donors (Lipinski definition) is 1. The summed E-state index contributed by atoms with van der Waals surface area (Å²) >= 11 is 1.30. The zero-order valence-electron chi connectivity index (χ0n) is 16.4. The van der Waals surface area contributed by atoms with Crippen LogP contribution in [0.3, 0.4) is 0 Å². The van der Waals surface area contributed by atoms with Gasteiger partial charge in [0.05, 0.1) is 29.1 Å². The van der Waals surface area contributed by atoms with Crippen LogP contribution < -0.4 is 10.9 Å². The Bertz CT molecular complexity index is 950. The van der Waals surface area contributed by atoms with Crippen LogP contribution in [0.4, 0.5) is 0 Å². The maximum atomic E-state index is 13.3. The number of nitriles is 1. The van der Waals surface area contributed by atoms with Crippen LogP contribution >= 0.6 is 11.8 Å². The minimum Gasteiger partial charge on any atom is -0.354 e. The SMILES string of the molecule is C[C@@H]1[C@@H](C)CCC[C@@H]1n1c(SCC(=O)NCCC#N)nc2ccccc2c1=O. The Morgan fingerprint density at radius 2 is 2.14 bits per heavy atom. The lowest BCUT2D eigenvalue weighted by Gasteiger charge is -2.36. The predicted octanol–water partition coefficient (Wildman–Crippen LogP) is 3.52. The van der Waals surface area contributed by atoms with Crippen molar-refractivity contribution in [3.05, 3.63) is 34.6 Å². The molecule has 0 aliphatic heterocycles. The molecule has 0 unspecified atom stereocenters. The van der Waals surface area contributed by atoms with Crippen LogP contribution in [0.25, 0.3) is 10.9 Å². The van der Waals surface area contributed by atoms with E-state index in [2.05, 4.69) is 19.2 Å². The largest absolute Gasteiger partial charge is 0.354 e. The normalized spacial score (nSPS) is 22.0. The summed E-state index contributed by atoms with van der Waals surface area (Å²) in [5, 5.41) is 12.5. The molecule has 1 heterocycles. The molecule has 1 aliphatic carbocycles. The molecule has 1 N–H and O–H groups in total. The Morgan fingerprint density at radius 3 is 2.93 bits per heavy atom. The van der Waals surface area contributed by atoms with Crippen LogP contribution in [0.5, 0.6) is 0 Å². The topological polar surface area (TPSA) is 87.8 Å². The van der Waals surface area contributed by atoms with Crippen LogP contribution in [0.15, 0.2) is 34.2 Å². The number of nitrogens with one attached hydrogen (secondary N) is 1. The van der Waals surface area contributed by atoms with Gasteiger partial charge in [-0.1, -0.05) is 50.6 Å². The summed E-state index contributed by atoms with van der Waals surface area (Å²) in [5.41, 5.74) is 0.636. The van der Waals surface area contributed by atoms with Gasteiger partial charge in [0.25, 0.3) is 5.56 Å². The molecule has 28 heavy (non-hydrogen) atoms. The zero-order valence-corrected chi connectivity index (χ0v) is 17.2. The molecule has 6 nitrogen and oxygen atoms in total. The summed E-state index contributed by atoms with van der Waals surface area (Å²) in [5.74, 6) is 0.939. The maximum absolute atomic E-state index is 13.3. The highest BCUT2D eigenvalue weighted by atomic mass is 32.2. The highest BCUT2D eigenvalue weighted by Crippen LogP contribution is 2.38. The van der Waals surface area contributed by atoms with Crippen LogP contribution in [0.1, 0.15) is 45.6 Å². The third kappa shape index (κ3) is 4.39. The first-order valence-corrected chi connectivity index (χ1v) is 10.8. The number of thioether (sulfide) groups is 1. The molecule has 1 aromatic heterocycles. The third-order valence-corrected chi connectivity index (χ3v) is 6.61. The van der Waals surface area contributed by atoms with Crippen molar-refractivity contribution < 1.29 is 4.79 Å². The first-order valence-electron chi connectivity index (χ1n) is 9.80. The van der Waals surface area contributed by atoms with Crippen molar-refractivity contribution in [2.75, 3.05) is 12.3 Å². The van der Waals surface area contributed by atoms with Gasteiger partial charge >= 0.3 is 0 Å². The maximum Gasteiger partial charge on any atom is 0.262 e. The second-order valence-corrected chi connectivity index (χ2v) is 8.41. The minimum atomic E-state index is -0.153. The van der Waals surface area contributed by atoms with Crippen molar-refractivity contribution in [3.63, 3.8) is 0 Å². The molecule has 0 saturated heterocycles. The highest BCUT2D eigenvalue weighted by Gasteiger charge is 2.31. The molecular formula is C21H26N4O2S. The van der Waals surface area contributed by atoms with Gasteiger partial charge < -0.3 is 5.32 Å². The number of hydrogen-bond acceptors (Lipinski definition) is 5. The number of nitrogens with zero attached hydrogens (tertiary/aromatic N) is 3. The molecule has 1 amide bonds. The first-order chi connectivity index (χ1) is 13.5. The smallest absolute Gasteiger partial charge is 0.262 e. The number of rotatable bonds is 6. The number of benzene rings is 1. The van der Waals surface area contributed by atoms with Gasteiger partial charge in [0.15, 0.2) is 5.16 Å². The van der Waals surface area contributed by atoms with Gasteiger partial charge in [0.2, 0.25) is 5.91 Å². The summed E-state index contributed by atoms with van der Waals surface area (Å²) in [6.07, 6.45) is 3.51. The van der Waals surface area contributed by atoms with E-state index in [0.29, 0.717) is 34.4 Å². The third-order valence-electron chi connectivity index (χ3n) is 5.66. The molecule has 0 spiro atoms. The van der Waals surface area contributed by atoms with Crippen LogP contribution in [0, 0.1) is 23.2 Å². The van der Waals surface area contributed by atoms with Gasteiger partial charge in [-0.2, -0.15) is 5.26 Å². The second-order valence-electron chi connectivity index (χ2n) is 7.47. The van der Waals surface area contributed by atoms with Gasteiger partial charge in [-0.05, 0) is 30.4 Å². The van der Waals surface area contributed by atoms with Gasteiger partial charge in [-0.15, -0.1) is 0 Å². The van der Waals surface area contributed by atoms with E-state index in [1.165, 1.54) is 18.2 Å². The van der Waals surface area contributed by atoms with Crippen molar-refractivity contribution in [2.45, 2.75) is 50.7 Å². The van der Waals surface area contributed by atoms with E-state index in [1.54, 1.807) is 0 Å². The molecule has 7 heteroatoms. The van der Waals surface area contributed by atoms with E-state index in [9.17, 15) is 9.59 Å². The minimum absolute atomic E-state index is 0.0241. The summed E-state index contributed by atoms with van der Waals surface area (Å²) in [7, 11) is 0. The molecule has 1 fully saturated rings. The van der Waals surface area contributed by atoms with Crippen molar-refractivity contribution in [1.29, 1.82) is 5.26 Å². The van der Waals surface area contributed by atoms with E-state index in [0.717, 1.165) is 12.8 Å². The lowest BCUT2D eigenvalue weighted by molar-refractivity contribution is -0.118. The van der Waals surface area contributed by atoms with Gasteiger partial charge in [-0.25, -0.2) is 4.98 Å². The van der Waals surface area contributed by atoms with E-state index >= 15 is 0 Å². The Hall–Kier alpha value is -2.33. The second kappa shape index (κ2) is 9.24. The lowest BCUT2D eigenvalue weighted by Crippen LogP contribution is -2.35. The fraction of sp³-hybridized carbons (Fsp3) is 0.524. The standard InChI is InChI=1S/C21H26N4O2S/c1-14-7-5-10-18(15(14)2)25-20(27)16-8-3-4-9-17(16)24-21(25)28-13-19(26)23-12-6-11-22/h3-4,8-9,14-15,18H,5-7,10,12-13H2,1-2H3,(H,23,26)/t14-,15+,18-/m0/s1. The lowest BCUT2D eigenvalue weighted by atomic mass is 9.78. The molecule has 1 saturated carbocycles. The average Bonchev–Trinajstić information content (AvgIpc) is 2.69. The molecule has 3 atom stereocenters. The van der Waals surface area contributed by atoms with Crippen molar-refractivity contribution in [1.82, 2.24) is 14.9 Å². The van der Waals surface area contributed by atoms with Gasteiger partial charge in [0, 0.05) is 12.6 Å². The van der Waals surface area contributed by atoms with Crippen molar-refractivity contribution in [2.24, 2.45) is 11.8 Å². The van der Waals surface area contributed by atoms with Crippen LogP contribution in [-0.4, -0.2) is 27.8 Å². The van der Waals surface area contributed by atoms with Crippen LogP contribution in [0.2, 0.25) is 0 Å². The van der Waals surface area contributed by atoms with E-state index < -0.39 is 0 Å². The number of para-hydroxylation sites is 1. The highest BCUT2D eigenvalue weighted by molar-refractivity contribution is 7.99. The summed E-state index contributed by atoms with van der Waals surface area (Å²) in [6.45, 7) is 4.79. The summed E-state index contributed by atoms with van der Waals surface area (Å²) in [6, 6.07) is 9.49. The number of aromatic nitrogens is 2. The van der Waals surface area contributed by atoms with E-state index in [1.807, 2.05) is 34.9 Å². The zero-order chi connectivity index (χ0) is 20.1. The summed E-state index contributed by atoms with van der Waals surface area (Å²) in [4.78, 5) is 30.1.